The number of nitrogens with zero attached hydrogens (tertiary/aromatic N) is 3. The molecule has 0 bridgehead atoms. The molecule has 1 atom stereocenters. The molecule has 1 rings (SSSR count). The quantitative estimate of drug-likeness (QED) is 0.283. The summed E-state index contributed by atoms with van der Waals surface area (Å²) in [6.07, 6.45) is 0.0265. The Morgan fingerprint density at radius 1 is 1.29 bits per heavy atom. The molecule has 0 saturated carbocycles. The SMILES string of the molecule is CC(C)OCCS(=O)(=O)N1CCN(C(C)C(N)=NO)CC1. The van der Waals surface area contributed by atoms with Crippen LogP contribution in [0.2, 0.25) is 0 Å². The molecule has 0 aliphatic carbocycles. The van der Waals surface area contributed by atoms with E-state index in [4.69, 9.17) is 15.7 Å². The lowest BCUT2D eigenvalue weighted by atomic mass is 10.2. The molecule has 1 saturated heterocycles. The predicted octanol–water partition coefficient (Wildman–Crippen LogP) is -0.506. The van der Waals surface area contributed by atoms with Crippen LogP contribution in [0.4, 0.5) is 0 Å². The fourth-order valence-corrected chi connectivity index (χ4v) is 3.44. The van der Waals surface area contributed by atoms with Crippen molar-refractivity contribution >= 4 is 15.9 Å². The van der Waals surface area contributed by atoms with Gasteiger partial charge in [-0.2, -0.15) is 4.31 Å². The van der Waals surface area contributed by atoms with E-state index >= 15 is 0 Å². The highest BCUT2D eigenvalue weighted by Crippen LogP contribution is 2.11. The number of sulfonamides is 1. The lowest BCUT2D eigenvalue weighted by molar-refractivity contribution is 0.0901. The van der Waals surface area contributed by atoms with Gasteiger partial charge in [-0.1, -0.05) is 5.16 Å². The number of oxime groups is 1. The van der Waals surface area contributed by atoms with Gasteiger partial charge in [-0.15, -0.1) is 0 Å². The van der Waals surface area contributed by atoms with Crippen LogP contribution in [-0.4, -0.2) is 79.4 Å². The van der Waals surface area contributed by atoms with Gasteiger partial charge in [0.1, 0.15) is 0 Å². The van der Waals surface area contributed by atoms with Crippen molar-refractivity contribution in [2.24, 2.45) is 10.9 Å². The number of piperazine rings is 1. The molecule has 0 aromatic heterocycles. The minimum Gasteiger partial charge on any atom is -0.409 e. The summed E-state index contributed by atoms with van der Waals surface area (Å²) < 4.78 is 31.1. The predicted molar refractivity (Wildman–Crippen MR) is 80.9 cm³/mol. The molecule has 1 fully saturated rings. The van der Waals surface area contributed by atoms with Gasteiger partial charge in [0.15, 0.2) is 5.84 Å². The fraction of sp³-hybridized carbons (Fsp3) is 0.917. The van der Waals surface area contributed by atoms with Crippen LogP contribution in [0.3, 0.4) is 0 Å². The Balaban J connectivity index is 2.48. The third-order valence-corrected chi connectivity index (χ3v) is 5.38. The Labute approximate surface area is 126 Å². The Bertz CT molecular complexity index is 444. The standard InChI is InChI=1S/C12H26N4O4S/c1-10(2)20-8-9-21(18,19)16-6-4-15(5-7-16)11(3)12(13)14-17/h10-11,17H,4-9H2,1-3H3,(H2,13,14). The van der Waals surface area contributed by atoms with E-state index in [0.29, 0.717) is 26.2 Å². The summed E-state index contributed by atoms with van der Waals surface area (Å²) in [5, 5.41) is 11.7. The zero-order valence-corrected chi connectivity index (χ0v) is 13.7. The maximum absolute atomic E-state index is 12.2. The summed E-state index contributed by atoms with van der Waals surface area (Å²) in [7, 11) is -3.28. The molecular formula is C12H26N4O4S. The number of ether oxygens (including phenoxy) is 1. The molecule has 124 valence electrons. The van der Waals surface area contributed by atoms with E-state index in [9.17, 15) is 8.42 Å². The first-order valence-corrected chi connectivity index (χ1v) is 8.69. The van der Waals surface area contributed by atoms with Crippen molar-refractivity contribution in [3.05, 3.63) is 0 Å². The van der Waals surface area contributed by atoms with Crippen molar-refractivity contribution in [1.82, 2.24) is 9.21 Å². The summed E-state index contributed by atoms with van der Waals surface area (Å²) >= 11 is 0. The Morgan fingerprint density at radius 2 is 1.86 bits per heavy atom. The number of hydrogen-bond acceptors (Lipinski definition) is 6. The highest BCUT2D eigenvalue weighted by Gasteiger charge is 2.29. The van der Waals surface area contributed by atoms with E-state index < -0.39 is 10.0 Å². The molecule has 1 aliphatic rings. The first kappa shape index (κ1) is 18.1. The molecule has 1 heterocycles. The number of nitrogens with two attached hydrogens (primary N) is 1. The fourth-order valence-electron chi connectivity index (χ4n) is 2.16. The van der Waals surface area contributed by atoms with Gasteiger partial charge in [-0.3, -0.25) is 4.90 Å². The van der Waals surface area contributed by atoms with Crippen molar-refractivity contribution in [1.29, 1.82) is 0 Å². The van der Waals surface area contributed by atoms with Crippen molar-refractivity contribution in [2.45, 2.75) is 32.9 Å². The van der Waals surface area contributed by atoms with Gasteiger partial charge in [0, 0.05) is 26.2 Å². The molecule has 1 unspecified atom stereocenters. The van der Waals surface area contributed by atoms with Crippen LogP contribution < -0.4 is 5.73 Å². The van der Waals surface area contributed by atoms with E-state index in [-0.39, 0.29) is 30.3 Å². The molecule has 0 amide bonds. The third kappa shape index (κ3) is 5.42. The second kappa shape index (κ2) is 7.92. The van der Waals surface area contributed by atoms with Crippen molar-refractivity contribution < 1.29 is 18.4 Å². The highest BCUT2D eigenvalue weighted by atomic mass is 32.2. The molecule has 9 heteroatoms. The smallest absolute Gasteiger partial charge is 0.216 e. The second-order valence-electron chi connectivity index (χ2n) is 5.37. The van der Waals surface area contributed by atoms with E-state index in [1.807, 2.05) is 25.7 Å². The van der Waals surface area contributed by atoms with Gasteiger partial charge >= 0.3 is 0 Å². The van der Waals surface area contributed by atoms with Crippen LogP contribution in [0.15, 0.2) is 5.16 Å². The van der Waals surface area contributed by atoms with Gasteiger partial charge < -0.3 is 15.7 Å². The van der Waals surface area contributed by atoms with Gasteiger partial charge in [0.05, 0.1) is 24.5 Å². The summed E-state index contributed by atoms with van der Waals surface area (Å²) in [4.78, 5) is 1.99. The van der Waals surface area contributed by atoms with Crippen LogP contribution >= 0.6 is 0 Å². The molecule has 0 spiro atoms. The van der Waals surface area contributed by atoms with Gasteiger partial charge in [-0.25, -0.2) is 8.42 Å². The maximum Gasteiger partial charge on any atom is 0.216 e. The molecule has 3 N–H and O–H groups in total. The molecule has 0 radical (unpaired) electrons. The average molecular weight is 322 g/mol. The summed E-state index contributed by atoms with van der Waals surface area (Å²) in [6.45, 7) is 7.72. The van der Waals surface area contributed by atoms with Crippen molar-refractivity contribution in [3.63, 3.8) is 0 Å². The Kier molecular flexibility index (Phi) is 6.85. The molecule has 1 aliphatic heterocycles. The number of rotatable bonds is 7. The van der Waals surface area contributed by atoms with E-state index in [2.05, 4.69) is 5.16 Å². The van der Waals surface area contributed by atoms with Crippen LogP contribution in [0.25, 0.3) is 0 Å². The lowest BCUT2D eigenvalue weighted by Crippen LogP contribution is -2.54. The molecule has 0 aromatic rings. The van der Waals surface area contributed by atoms with Gasteiger partial charge in [-0.05, 0) is 20.8 Å². The van der Waals surface area contributed by atoms with E-state index in [0.717, 1.165) is 0 Å². The van der Waals surface area contributed by atoms with E-state index in [1.165, 1.54) is 4.31 Å². The average Bonchev–Trinajstić information content (AvgIpc) is 2.45. The largest absolute Gasteiger partial charge is 0.409 e. The van der Waals surface area contributed by atoms with Crippen LogP contribution in [-0.2, 0) is 14.8 Å². The van der Waals surface area contributed by atoms with Gasteiger partial charge in [0.2, 0.25) is 10.0 Å². The Morgan fingerprint density at radius 3 is 2.33 bits per heavy atom. The first-order chi connectivity index (χ1) is 9.77. The van der Waals surface area contributed by atoms with Crippen molar-refractivity contribution in [3.8, 4) is 0 Å². The van der Waals surface area contributed by atoms with Crippen molar-refractivity contribution in [2.75, 3.05) is 38.5 Å². The zero-order chi connectivity index (χ0) is 16.0. The van der Waals surface area contributed by atoms with Gasteiger partial charge in [0.25, 0.3) is 0 Å². The highest BCUT2D eigenvalue weighted by molar-refractivity contribution is 7.89. The zero-order valence-electron chi connectivity index (χ0n) is 12.9. The van der Waals surface area contributed by atoms with Crippen LogP contribution in [0, 0.1) is 0 Å². The second-order valence-corrected chi connectivity index (χ2v) is 7.46. The number of hydrogen-bond donors (Lipinski definition) is 2. The first-order valence-electron chi connectivity index (χ1n) is 7.09. The minimum absolute atomic E-state index is 0.000963. The monoisotopic (exact) mass is 322 g/mol. The summed E-state index contributed by atoms with van der Waals surface area (Å²) in [5.41, 5.74) is 5.57. The van der Waals surface area contributed by atoms with Crippen LogP contribution in [0.5, 0.6) is 0 Å². The number of amidine groups is 1. The molecule has 21 heavy (non-hydrogen) atoms. The normalized spacial score (nSPS) is 20.9. The maximum atomic E-state index is 12.2. The Hall–Kier alpha value is -0.900. The topological polar surface area (TPSA) is 108 Å². The minimum atomic E-state index is -3.28. The molecule has 0 aromatic carbocycles. The lowest BCUT2D eigenvalue weighted by Gasteiger charge is -2.36. The molecular weight excluding hydrogens is 296 g/mol. The third-order valence-electron chi connectivity index (χ3n) is 3.55. The van der Waals surface area contributed by atoms with Crippen LogP contribution in [0.1, 0.15) is 20.8 Å². The summed E-state index contributed by atoms with van der Waals surface area (Å²) in [6, 6.07) is -0.205. The van der Waals surface area contributed by atoms with E-state index in [1.54, 1.807) is 0 Å². The molecule has 8 nitrogen and oxygen atoms in total. The summed E-state index contributed by atoms with van der Waals surface area (Å²) in [5.74, 6) is 0.137.